The van der Waals surface area contributed by atoms with E-state index < -0.39 is 23.3 Å². The minimum atomic E-state index is -1.36. The zero-order valence-electron chi connectivity index (χ0n) is 11.1. The van der Waals surface area contributed by atoms with Crippen LogP contribution in [0.2, 0.25) is 0 Å². The lowest BCUT2D eigenvalue weighted by Crippen LogP contribution is -2.09. The number of hydrogen-bond donors (Lipinski definition) is 2. The highest BCUT2D eigenvalue weighted by atomic mass is 19.1. The molecule has 0 aliphatic heterocycles. The molecule has 1 heterocycles. The summed E-state index contributed by atoms with van der Waals surface area (Å²) in [6.07, 6.45) is 2.71. The van der Waals surface area contributed by atoms with Gasteiger partial charge in [0.25, 0.3) is 0 Å². The Kier molecular flexibility index (Phi) is 4.18. The molecule has 5 nitrogen and oxygen atoms in total. The molecule has 1 aromatic carbocycles. The molecule has 2 rings (SSSR count). The first-order valence-electron chi connectivity index (χ1n) is 6.04. The maximum atomic E-state index is 13.4. The highest BCUT2D eigenvalue weighted by Gasteiger charge is 2.10. The number of hydrogen-bond acceptors (Lipinski definition) is 3. The third-order valence-electron chi connectivity index (χ3n) is 2.63. The Balaban J connectivity index is 2.04. The highest BCUT2D eigenvalue weighted by Crippen LogP contribution is 2.15. The molecule has 1 amide bonds. The van der Waals surface area contributed by atoms with Gasteiger partial charge in [-0.3, -0.25) is 4.79 Å². The van der Waals surface area contributed by atoms with E-state index in [1.54, 1.807) is 19.1 Å². The van der Waals surface area contributed by atoms with E-state index in [1.165, 1.54) is 18.2 Å². The molecule has 1 aromatic heterocycles. The number of amides is 1. The Morgan fingerprint density at radius 2 is 2.05 bits per heavy atom. The molecule has 0 aliphatic rings. The zero-order chi connectivity index (χ0) is 15.4. The summed E-state index contributed by atoms with van der Waals surface area (Å²) in [5, 5.41) is 11.1. The number of nitrogens with one attached hydrogen (secondary N) is 1. The van der Waals surface area contributed by atoms with Crippen LogP contribution in [0.1, 0.15) is 21.9 Å². The number of carboxylic acids is 1. The molecule has 0 atom stereocenters. The Morgan fingerprint density at radius 1 is 1.29 bits per heavy atom. The topological polar surface area (TPSA) is 79.5 Å². The molecule has 108 valence electrons. The van der Waals surface area contributed by atoms with Crippen molar-refractivity contribution in [1.29, 1.82) is 0 Å². The first-order chi connectivity index (χ1) is 9.95. The smallest absolute Gasteiger partial charge is 0.338 e. The third-order valence-corrected chi connectivity index (χ3v) is 2.63. The average molecular weight is 289 g/mol. The number of aromatic carboxylic acids is 1. The van der Waals surface area contributed by atoms with Crippen molar-refractivity contribution >= 4 is 23.6 Å². The van der Waals surface area contributed by atoms with Crippen molar-refractivity contribution in [3.8, 4) is 0 Å². The number of rotatable bonds is 4. The fraction of sp³-hybridized carbons (Fsp3) is 0.0667. The van der Waals surface area contributed by atoms with Crippen molar-refractivity contribution in [2.75, 3.05) is 5.32 Å². The number of halogens is 1. The summed E-state index contributed by atoms with van der Waals surface area (Å²) in [7, 11) is 0. The van der Waals surface area contributed by atoms with Crippen molar-refractivity contribution in [1.82, 2.24) is 0 Å². The Morgan fingerprint density at radius 3 is 2.62 bits per heavy atom. The van der Waals surface area contributed by atoms with Crippen LogP contribution in [0.15, 0.2) is 40.8 Å². The lowest BCUT2D eigenvalue weighted by atomic mass is 10.2. The molecule has 2 N–H and O–H groups in total. The van der Waals surface area contributed by atoms with Gasteiger partial charge in [0.15, 0.2) is 0 Å². The van der Waals surface area contributed by atoms with E-state index in [2.05, 4.69) is 5.32 Å². The fourth-order valence-electron chi connectivity index (χ4n) is 1.65. The molecule has 0 saturated carbocycles. The van der Waals surface area contributed by atoms with Gasteiger partial charge in [-0.15, -0.1) is 0 Å². The fourth-order valence-corrected chi connectivity index (χ4v) is 1.65. The van der Waals surface area contributed by atoms with E-state index in [9.17, 15) is 14.0 Å². The summed E-state index contributed by atoms with van der Waals surface area (Å²) in [4.78, 5) is 22.3. The average Bonchev–Trinajstić information content (AvgIpc) is 2.82. The van der Waals surface area contributed by atoms with E-state index in [0.29, 0.717) is 5.76 Å². The largest absolute Gasteiger partial charge is 0.478 e. The molecular weight excluding hydrogens is 277 g/mol. The number of furan rings is 1. The van der Waals surface area contributed by atoms with Gasteiger partial charge in [0.1, 0.15) is 17.3 Å². The lowest BCUT2D eigenvalue weighted by molar-refractivity contribution is -0.111. The lowest BCUT2D eigenvalue weighted by Gasteiger charge is -2.03. The van der Waals surface area contributed by atoms with E-state index in [4.69, 9.17) is 9.52 Å². The quantitative estimate of drug-likeness (QED) is 0.848. The van der Waals surface area contributed by atoms with Crippen LogP contribution in [0.3, 0.4) is 0 Å². The minimum absolute atomic E-state index is 0.169. The standard InChI is InChI=1S/C15H12FNO4/c1-9-2-4-11(21-9)5-7-14(18)17-10-3-6-12(15(19)20)13(16)8-10/h2-8H,1H3,(H,17,18)(H,19,20)/b7-5+. The minimum Gasteiger partial charge on any atom is -0.478 e. The maximum Gasteiger partial charge on any atom is 0.338 e. The Bertz CT molecular complexity index is 718. The van der Waals surface area contributed by atoms with Crippen LogP contribution in [0.25, 0.3) is 6.08 Å². The maximum absolute atomic E-state index is 13.4. The first kappa shape index (κ1) is 14.5. The normalized spacial score (nSPS) is 10.8. The molecule has 0 unspecified atom stereocenters. The number of carboxylic acid groups (broad SMARTS) is 1. The Hall–Kier alpha value is -2.89. The molecule has 0 radical (unpaired) electrons. The van der Waals surface area contributed by atoms with Crippen LogP contribution in [-0.4, -0.2) is 17.0 Å². The van der Waals surface area contributed by atoms with E-state index >= 15 is 0 Å². The van der Waals surface area contributed by atoms with Crippen molar-refractivity contribution < 1.29 is 23.5 Å². The van der Waals surface area contributed by atoms with Crippen LogP contribution in [0.4, 0.5) is 10.1 Å². The van der Waals surface area contributed by atoms with Gasteiger partial charge in [-0.2, -0.15) is 0 Å². The second-order valence-corrected chi connectivity index (χ2v) is 4.27. The van der Waals surface area contributed by atoms with Gasteiger partial charge in [-0.05, 0) is 43.3 Å². The first-order valence-corrected chi connectivity index (χ1v) is 6.04. The monoisotopic (exact) mass is 289 g/mol. The van der Waals surface area contributed by atoms with E-state index in [-0.39, 0.29) is 5.69 Å². The Labute approximate surface area is 119 Å². The van der Waals surface area contributed by atoms with Gasteiger partial charge in [0.05, 0.1) is 5.56 Å². The molecule has 0 aliphatic carbocycles. The van der Waals surface area contributed by atoms with Gasteiger partial charge in [0.2, 0.25) is 5.91 Å². The van der Waals surface area contributed by atoms with Crippen molar-refractivity contribution in [2.45, 2.75) is 6.92 Å². The second-order valence-electron chi connectivity index (χ2n) is 4.27. The van der Waals surface area contributed by atoms with Crippen molar-refractivity contribution in [3.63, 3.8) is 0 Å². The summed E-state index contributed by atoms with van der Waals surface area (Å²) in [6.45, 7) is 1.78. The molecule has 2 aromatic rings. The summed E-state index contributed by atoms with van der Waals surface area (Å²) >= 11 is 0. The summed E-state index contributed by atoms with van der Waals surface area (Å²) < 4.78 is 18.7. The zero-order valence-corrected chi connectivity index (χ0v) is 11.1. The molecule has 0 bridgehead atoms. The number of aryl methyl sites for hydroxylation is 1. The number of benzene rings is 1. The van der Waals surface area contributed by atoms with Crippen molar-refractivity contribution in [3.05, 3.63) is 59.3 Å². The summed E-state index contributed by atoms with van der Waals surface area (Å²) in [6, 6.07) is 6.83. The predicted molar refractivity (Wildman–Crippen MR) is 74.5 cm³/mol. The molecule has 0 fully saturated rings. The number of carbonyl (C=O) groups is 2. The SMILES string of the molecule is Cc1ccc(/C=C/C(=O)Nc2ccc(C(=O)O)c(F)c2)o1. The van der Waals surface area contributed by atoms with Crippen LogP contribution >= 0.6 is 0 Å². The van der Waals surface area contributed by atoms with Gasteiger partial charge in [-0.1, -0.05) is 0 Å². The molecule has 0 spiro atoms. The summed E-state index contributed by atoms with van der Waals surface area (Å²) in [5.41, 5.74) is -0.280. The molecule has 6 heteroatoms. The number of anilines is 1. The number of carbonyl (C=O) groups excluding carboxylic acids is 1. The van der Waals surface area contributed by atoms with Gasteiger partial charge in [-0.25, -0.2) is 9.18 Å². The third kappa shape index (κ3) is 3.79. The molecule has 0 saturated heterocycles. The molecular formula is C15H12FNO4. The van der Waals surface area contributed by atoms with Gasteiger partial charge in [0, 0.05) is 11.8 Å². The van der Waals surface area contributed by atoms with Crippen LogP contribution in [0.5, 0.6) is 0 Å². The van der Waals surface area contributed by atoms with E-state index in [1.807, 2.05) is 0 Å². The summed E-state index contributed by atoms with van der Waals surface area (Å²) in [5.74, 6) is -1.51. The van der Waals surface area contributed by atoms with Crippen LogP contribution in [-0.2, 0) is 4.79 Å². The second kappa shape index (κ2) is 6.04. The van der Waals surface area contributed by atoms with Crippen LogP contribution in [0, 0.1) is 12.7 Å². The highest BCUT2D eigenvalue weighted by molar-refractivity contribution is 6.02. The van der Waals surface area contributed by atoms with Gasteiger partial charge >= 0.3 is 5.97 Å². The van der Waals surface area contributed by atoms with Gasteiger partial charge < -0.3 is 14.8 Å². The predicted octanol–water partition coefficient (Wildman–Crippen LogP) is 3.08. The van der Waals surface area contributed by atoms with E-state index in [0.717, 1.165) is 17.9 Å². The molecule has 21 heavy (non-hydrogen) atoms. The van der Waals surface area contributed by atoms with Crippen molar-refractivity contribution in [2.24, 2.45) is 0 Å². The van der Waals surface area contributed by atoms with Crippen LogP contribution < -0.4 is 5.32 Å².